The summed E-state index contributed by atoms with van der Waals surface area (Å²) < 4.78 is 5.83. The number of hydrogen-bond acceptors (Lipinski definition) is 6. The van der Waals surface area contributed by atoms with E-state index in [9.17, 15) is 9.59 Å². The van der Waals surface area contributed by atoms with Crippen LogP contribution in [0, 0.1) is 0 Å². The van der Waals surface area contributed by atoms with Gasteiger partial charge in [-0.25, -0.2) is 0 Å². The zero-order valence-electron chi connectivity index (χ0n) is 16.9. The smallest absolute Gasteiger partial charge is 0.266 e. The van der Waals surface area contributed by atoms with Crippen molar-refractivity contribution in [2.24, 2.45) is 0 Å². The van der Waals surface area contributed by atoms with Crippen LogP contribution in [0.15, 0.2) is 47.4 Å². The predicted octanol–water partition coefficient (Wildman–Crippen LogP) is 2.67. The van der Waals surface area contributed by atoms with Gasteiger partial charge in [-0.2, -0.15) is 0 Å². The van der Waals surface area contributed by atoms with E-state index < -0.39 is 0 Å². The maximum Gasteiger partial charge on any atom is 0.266 e. The van der Waals surface area contributed by atoms with Crippen LogP contribution < -0.4 is 5.32 Å². The first-order valence-electron chi connectivity index (χ1n) is 10.2. The molecule has 2 heterocycles. The summed E-state index contributed by atoms with van der Waals surface area (Å²) in [7, 11) is 0. The van der Waals surface area contributed by atoms with Crippen molar-refractivity contribution in [3.8, 4) is 0 Å². The van der Waals surface area contributed by atoms with Crippen molar-refractivity contribution in [2.75, 3.05) is 45.9 Å². The van der Waals surface area contributed by atoms with Gasteiger partial charge in [0.05, 0.1) is 18.1 Å². The highest BCUT2D eigenvalue weighted by atomic mass is 32.2. The van der Waals surface area contributed by atoms with Crippen molar-refractivity contribution >= 4 is 46.2 Å². The number of thioether (sulfide) groups is 1. The number of allylic oxidation sites excluding steroid dienone is 2. The van der Waals surface area contributed by atoms with E-state index in [4.69, 9.17) is 17.0 Å². The van der Waals surface area contributed by atoms with E-state index in [1.807, 2.05) is 42.5 Å². The first-order valence-corrected chi connectivity index (χ1v) is 11.4. The van der Waals surface area contributed by atoms with E-state index in [-0.39, 0.29) is 18.2 Å². The number of amides is 2. The summed E-state index contributed by atoms with van der Waals surface area (Å²) >= 11 is 6.60. The number of benzene rings is 1. The average molecular weight is 446 g/mol. The van der Waals surface area contributed by atoms with Gasteiger partial charge in [-0.15, -0.1) is 0 Å². The topological polar surface area (TPSA) is 61.9 Å². The van der Waals surface area contributed by atoms with Crippen LogP contribution in [0.4, 0.5) is 0 Å². The van der Waals surface area contributed by atoms with Crippen LogP contribution in [0.5, 0.6) is 0 Å². The van der Waals surface area contributed by atoms with Crippen molar-refractivity contribution in [1.29, 1.82) is 0 Å². The first-order chi connectivity index (χ1) is 14.6. The SMILES string of the molecule is O=C(CCN1C(=O)C(=CC=Cc2ccccc2)SC1=S)NCCCN1CCOCC1. The molecule has 0 aliphatic carbocycles. The molecule has 2 fully saturated rings. The molecule has 1 aromatic carbocycles. The van der Waals surface area contributed by atoms with Gasteiger partial charge < -0.3 is 10.1 Å². The van der Waals surface area contributed by atoms with Crippen LogP contribution in [0.3, 0.4) is 0 Å². The largest absolute Gasteiger partial charge is 0.379 e. The second-order valence-corrected chi connectivity index (χ2v) is 8.71. The Hall–Kier alpha value is -2.00. The lowest BCUT2D eigenvalue weighted by atomic mass is 10.2. The van der Waals surface area contributed by atoms with Gasteiger partial charge in [0, 0.05) is 32.6 Å². The number of nitrogens with zero attached hydrogens (tertiary/aromatic N) is 2. The van der Waals surface area contributed by atoms with Gasteiger partial charge in [0.25, 0.3) is 5.91 Å². The second kappa shape index (κ2) is 12.0. The normalized spacial score (nSPS) is 19.2. The van der Waals surface area contributed by atoms with E-state index in [1.54, 1.807) is 6.08 Å². The average Bonchev–Trinajstić information content (AvgIpc) is 3.04. The molecule has 0 spiro atoms. The number of hydrogen-bond donors (Lipinski definition) is 1. The van der Waals surface area contributed by atoms with Crippen molar-refractivity contribution in [2.45, 2.75) is 12.8 Å². The fourth-order valence-corrected chi connectivity index (χ4v) is 4.43. The third-order valence-electron chi connectivity index (χ3n) is 4.85. The maximum atomic E-state index is 12.6. The number of ether oxygens (including phenoxy) is 1. The van der Waals surface area contributed by atoms with Crippen LogP contribution in [0.2, 0.25) is 0 Å². The maximum absolute atomic E-state index is 12.6. The lowest BCUT2D eigenvalue weighted by molar-refractivity contribution is -0.123. The van der Waals surface area contributed by atoms with Gasteiger partial charge in [-0.3, -0.25) is 19.4 Å². The number of rotatable bonds is 9. The molecular weight excluding hydrogens is 418 g/mol. The number of morpholine rings is 1. The monoisotopic (exact) mass is 445 g/mol. The standard InChI is InChI=1S/C22H27N3O3S2/c26-20(23-11-5-12-24-14-16-28-17-15-24)10-13-25-21(27)19(30-22(25)29)9-4-8-18-6-2-1-3-7-18/h1-4,6-9H,5,10-17H2,(H,23,26). The molecule has 0 radical (unpaired) electrons. The Bertz CT molecular complexity index is 805. The molecule has 2 aliphatic rings. The van der Waals surface area contributed by atoms with Crippen LogP contribution in [0.1, 0.15) is 18.4 Å². The summed E-state index contributed by atoms with van der Waals surface area (Å²) in [6.45, 7) is 5.38. The summed E-state index contributed by atoms with van der Waals surface area (Å²) in [6, 6.07) is 9.88. The minimum absolute atomic E-state index is 0.0565. The van der Waals surface area contributed by atoms with Crippen molar-refractivity contribution in [1.82, 2.24) is 15.1 Å². The molecule has 2 aliphatic heterocycles. The molecular formula is C22H27N3O3S2. The molecule has 8 heteroatoms. The molecule has 0 saturated carbocycles. The fourth-order valence-electron chi connectivity index (χ4n) is 3.17. The van der Waals surface area contributed by atoms with E-state index in [0.29, 0.717) is 22.3 Å². The molecule has 30 heavy (non-hydrogen) atoms. The van der Waals surface area contributed by atoms with E-state index >= 15 is 0 Å². The molecule has 2 saturated heterocycles. The highest BCUT2D eigenvalue weighted by molar-refractivity contribution is 8.26. The Labute approximate surface area is 187 Å². The highest BCUT2D eigenvalue weighted by Crippen LogP contribution is 2.31. The summed E-state index contributed by atoms with van der Waals surface area (Å²) in [4.78, 5) is 29.1. The lowest BCUT2D eigenvalue weighted by Gasteiger charge is -2.26. The van der Waals surface area contributed by atoms with Gasteiger partial charge >= 0.3 is 0 Å². The molecule has 160 valence electrons. The molecule has 0 atom stereocenters. The number of nitrogens with one attached hydrogen (secondary N) is 1. The Morgan fingerprint density at radius 2 is 1.97 bits per heavy atom. The Kier molecular flexibility index (Phi) is 9.07. The minimum Gasteiger partial charge on any atom is -0.379 e. The Morgan fingerprint density at radius 1 is 1.20 bits per heavy atom. The van der Waals surface area contributed by atoms with E-state index in [2.05, 4.69) is 10.2 Å². The van der Waals surface area contributed by atoms with E-state index in [0.717, 1.165) is 44.8 Å². The van der Waals surface area contributed by atoms with Crippen molar-refractivity contribution in [3.63, 3.8) is 0 Å². The Morgan fingerprint density at radius 3 is 2.73 bits per heavy atom. The number of carbonyl (C=O) groups is 2. The van der Waals surface area contributed by atoms with Gasteiger partial charge in [-0.1, -0.05) is 66.5 Å². The molecule has 3 rings (SSSR count). The van der Waals surface area contributed by atoms with Crippen LogP contribution >= 0.6 is 24.0 Å². The van der Waals surface area contributed by atoms with Gasteiger partial charge in [0.15, 0.2) is 0 Å². The second-order valence-electron chi connectivity index (χ2n) is 7.03. The van der Waals surface area contributed by atoms with Gasteiger partial charge in [0.2, 0.25) is 5.91 Å². The fraction of sp³-hybridized carbons (Fsp3) is 0.409. The van der Waals surface area contributed by atoms with Crippen LogP contribution in [0.25, 0.3) is 6.08 Å². The zero-order valence-corrected chi connectivity index (χ0v) is 18.6. The molecule has 6 nitrogen and oxygen atoms in total. The van der Waals surface area contributed by atoms with Gasteiger partial charge in [0.1, 0.15) is 4.32 Å². The van der Waals surface area contributed by atoms with Crippen LogP contribution in [-0.4, -0.2) is 71.9 Å². The lowest BCUT2D eigenvalue weighted by Crippen LogP contribution is -2.38. The Balaban J connectivity index is 1.37. The highest BCUT2D eigenvalue weighted by Gasteiger charge is 2.31. The minimum atomic E-state index is -0.136. The molecule has 0 unspecified atom stereocenters. The number of carbonyl (C=O) groups excluding carboxylic acids is 2. The first kappa shape index (κ1) is 22.7. The third-order valence-corrected chi connectivity index (χ3v) is 6.24. The third kappa shape index (κ3) is 7.05. The summed E-state index contributed by atoms with van der Waals surface area (Å²) in [6.07, 6.45) is 6.72. The summed E-state index contributed by atoms with van der Waals surface area (Å²) in [5, 5.41) is 2.93. The quantitative estimate of drug-likeness (QED) is 0.358. The number of thiocarbonyl (C=S) groups is 1. The van der Waals surface area contributed by atoms with E-state index in [1.165, 1.54) is 16.7 Å². The summed E-state index contributed by atoms with van der Waals surface area (Å²) in [5.41, 5.74) is 1.06. The predicted molar refractivity (Wildman–Crippen MR) is 125 cm³/mol. The van der Waals surface area contributed by atoms with Crippen LogP contribution in [-0.2, 0) is 14.3 Å². The molecule has 1 aromatic rings. The van der Waals surface area contributed by atoms with Gasteiger partial charge in [-0.05, 0) is 24.6 Å². The molecule has 2 amide bonds. The molecule has 0 bridgehead atoms. The van der Waals surface area contributed by atoms with Crippen molar-refractivity contribution in [3.05, 3.63) is 53.0 Å². The van der Waals surface area contributed by atoms with Crippen molar-refractivity contribution < 1.29 is 14.3 Å². The molecule has 0 aromatic heterocycles. The molecule has 1 N–H and O–H groups in total. The zero-order chi connectivity index (χ0) is 21.2. The summed E-state index contributed by atoms with van der Waals surface area (Å²) in [5.74, 6) is -0.193.